The smallest absolute Gasteiger partial charge is 0.326 e. The zero-order chi connectivity index (χ0) is 16.3. The van der Waals surface area contributed by atoms with E-state index >= 15 is 0 Å². The van der Waals surface area contributed by atoms with Crippen molar-refractivity contribution in [2.75, 3.05) is 13.2 Å². The van der Waals surface area contributed by atoms with Crippen LogP contribution in [0.4, 0.5) is 0 Å². The first-order chi connectivity index (χ1) is 9.85. The van der Waals surface area contributed by atoms with E-state index in [-0.39, 0.29) is 18.1 Å². The van der Waals surface area contributed by atoms with Crippen LogP contribution >= 0.6 is 0 Å². The summed E-state index contributed by atoms with van der Waals surface area (Å²) in [6.45, 7) is 13.2. The minimum atomic E-state index is -0.687. The van der Waals surface area contributed by atoms with Gasteiger partial charge in [0.25, 0.3) is 0 Å². The molecule has 0 radical (unpaired) electrons. The summed E-state index contributed by atoms with van der Waals surface area (Å²) in [5.41, 5.74) is -0.687. The molecular weight excluding hydrogens is 266 g/mol. The van der Waals surface area contributed by atoms with Crippen molar-refractivity contribution in [2.45, 2.75) is 91.3 Å². The molecule has 0 saturated carbocycles. The van der Waals surface area contributed by atoms with Crippen molar-refractivity contribution in [1.29, 1.82) is 0 Å². The maximum Gasteiger partial charge on any atom is 0.326 e. The van der Waals surface area contributed by atoms with E-state index in [1.807, 2.05) is 34.6 Å². The fraction of sp³-hybridized carbons (Fsp3) is 0.941. The highest BCUT2D eigenvalue weighted by Gasteiger charge is 2.36. The van der Waals surface area contributed by atoms with Gasteiger partial charge in [-0.25, -0.2) is 0 Å². The Morgan fingerprint density at radius 3 is 2.33 bits per heavy atom. The molecule has 0 amide bonds. The molecule has 4 nitrogen and oxygen atoms in total. The van der Waals surface area contributed by atoms with Crippen molar-refractivity contribution < 1.29 is 14.3 Å². The molecule has 0 aromatic carbocycles. The van der Waals surface area contributed by atoms with Gasteiger partial charge in [-0.15, -0.1) is 0 Å². The van der Waals surface area contributed by atoms with Gasteiger partial charge < -0.3 is 9.47 Å². The summed E-state index contributed by atoms with van der Waals surface area (Å²) < 4.78 is 11.1. The van der Waals surface area contributed by atoms with E-state index in [1.54, 1.807) is 0 Å². The molecule has 0 aliphatic rings. The normalized spacial score (nSPS) is 15.8. The van der Waals surface area contributed by atoms with Crippen LogP contribution in [0.2, 0.25) is 0 Å². The SMILES string of the molecule is CCCCCCOC(C)CC(C)(NC(C)C)C(=O)OCC. The van der Waals surface area contributed by atoms with Crippen LogP contribution in [0.25, 0.3) is 0 Å². The first-order valence-electron chi connectivity index (χ1n) is 8.42. The largest absolute Gasteiger partial charge is 0.465 e. The van der Waals surface area contributed by atoms with Crippen molar-refractivity contribution >= 4 is 5.97 Å². The highest BCUT2D eigenvalue weighted by atomic mass is 16.5. The number of carbonyl (C=O) groups is 1. The highest BCUT2D eigenvalue weighted by molar-refractivity contribution is 5.80. The number of ether oxygens (including phenoxy) is 2. The third-order valence-corrected chi connectivity index (χ3v) is 3.43. The van der Waals surface area contributed by atoms with Gasteiger partial charge in [0, 0.05) is 19.1 Å². The second kappa shape index (κ2) is 11.0. The van der Waals surface area contributed by atoms with Crippen LogP contribution in [0.5, 0.6) is 0 Å². The van der Waals surface area contributed by atoms with E-state index < -0.39 is 5.54 Å². The maximum absolute atomic E-state index is 12.2. The minimum Gasteiger partial charge on any atom is -0.465 e. The predicted molar refractivity (Wildman–Crippen MR) is 87.5 cm³/mol. The molecule has 1 N–H and O–H groups in total. The van der Waals surface area contributed by atoms with Gasteiger partial charge in [-0.3, -0.25) is 10.1 Å². The van der Waals surface area contributed by atoms with Crippen LogP contribution in [0.1, 0.15) is 73.6 Å². The average molecular weight is 301 g/mol. The third kappa shape index (κ3) is 9.10. The Hall–Kier alpha value is -0.610. The fourth-order valence-corrected chi connectivity index (χ4v) is 2.58. The van der Waals surface area contributed by atoms with E-state index in [0.717, 1.165) is 13.0 Å². The van der Waals surface area contributed by atoms with E-state index in [2.05, 4.69) is 12.2 Å². The summed E-state index contributed by atoms with van der Waals surface area (Å²) in [5.74, 6) is -0.194. The van der Waals surface area contributed by atoms with E-state index in [1.165, 1.54) is 19.3 Å². The summed E-state index contributed by atoms with van der Waals surface area (Å²) in [4.78, 5) is 12.2. The van der Waals surface area contributed by atoms with Gasteiger partial charge in [0.2, 0.25) is 0 Å². The number of carbonyl (C=O) groups excluding carboxylic acids is 1. The predicted octanol–water partition coefficient (Wildman–Crippen LogP) is 3.68. The zero-order valence-electron chi connectivity index (χ0n) is 14.8. The van der Waals surface area contributed by atoms with Crippen LogP contribution in [0.15, 0.2) is 0 Å². The molecule has 4 heteroatoms. The van der Waals surface area contributed by atoms with Crippen LogP contribution in [0.3, 0.4) is 0 Å². The second-order valence-electron chi connectivity index (χ2n) is 6.30. The molecule has 0 rings (SSSR count). The minimum absolute atomic E-state index is 0.0345. The van der Waals surface area contributed by atoms with E-state index in [4.69, 9.17) is 9.47 Å². The Bertz CT molecular complexity index is 281. The first-order valence-corrected chi connectivity index (χ1v) is 8.42. The molecule has 0 heterocycles. The molecule has 0 aromatic rings. The number of hydrogen-bond acceptors (Lipinski definition) is 4. The Morgan fingerprint density at radius 2 is 1.81 bits per heavy atom. The fourth-order valence-electron chi connectivity index (χ4n) is 2.58. The molecule has 2 unspecified atom stereocenters. The molecule has 126 valence electrons. The molecular formula is C17H35NO3. The summed E-state index contributed by atoms with van der Waals surface area (Å²) in [6.07, 6.45) is 5.45. The Balaban J connectivity index is 4.35. The van der Waals surface area contributed by atoms with E-state index in [0.29, 0.717) is 13.0 Å². The summed E-state index contributed by atoms with van der Waals surface area (Å²) in [6, 6.07) is 0.219. The zero-order valence-corrected chi connectivity index (χ0v) is 14.8. The van der Waals surface area contributed by atoms with Crippen molar-refractivity contribution in [3.05, 3.63) is 0 Å². The van der Waals surface area contributed by atoms with Gasteiger partial charge in [0.05, 0.1) is 12.7 Å². The highest BCUT2D eigenvalue weighted by Crippen LogP contribution is 2.18. The number of rotatable bonds is 12. The number of nitrogens with one attached hydrogen (secondary N) is 1. The molecule has 0 spiro atoms. The lowest BCUT2D eigenvalue weighted by molar-refractivity contribution is -0.152. The van der Waals surface area contributed by atoms with Crippen molar-refractivity contribution in [3.63, 3.8) is 0 Å². The summed E-state index contributed by atoms with van der Waals surface area (Å²) >= 11 is 0. The van der Waals surface area contributed by atoms with Crippen molar-refractivity contribution in [3.8, 4) is 0 Å². The molecule has 0 aliphatic carbocycles. The van der Waals surface area contributed by atoms with Crippen molar-refractivity contribution in [1.82, 2.24) is 5.32 Å². The van der Waals surface area contributed by atoms with Gasteiger partial charge in [-0.1, -0.05) is 26.2 Å². The molecule has 0 aliphatic heterocycles. The molecule has 2 atom stereocenters. The number of unbranched alkanes of at least 4 members (excludes halogenated alkanes) is 3. The third-order valence-electron chi connectivity index (χ3n) is 3.43. The van der Waals surface area contributed by atoms with Crippen molar-refractivity contribution in [2.24, 2.45) is 0 Å². The van der Waals surface area contributed by atoms with Gasteiger partial charge in [0.1, 0.15) is 5.54 Å². The van der Waals surface area contributed by atoms with E-state index in [9.17, 15) is 4.79 Å². The van der Waals surface area contributed by atoms with Crippen LogP contribution in [-0.4, -0.2) is 36.9 Å². The number of hydrogen-bond donors (Lipinski definition) is 1. The van der Waals surface area contributed by atoms with Gasteiger partial charge in [-0.2, -0.15) is 0 Å². The Labute approximate surface area is 131 Å². The first kappa shape index (κ1) is 20.4. The van der Waals surface area contributed by atoms with Crippen LogP contribution in [-0.2, 0) is 14.3 Å². The second-order valence-corrected chi connectivity index (χ2v) is 6.30. The van der Waals surface area contributed by atoms with Gasteiger partial charge in [0.15, 0.2) is 0 Å². The van der Waals surface area contributed by atoms with Gasteiger partial charge in [-0.05, 0) is 41.0 Å². The average Bonchev–Trinajstić information content (AvgIpc) is 2.37. The lowest BCUT2D eigenvalue weighted by Gasteiger charge is -2.32. The lowest BCUT2D eigenvalue weighted by Crippen LogP contribution is -2.54. The molecule has 0 aromatic heterocycles. The maximum atomic E-state index is 12.2. The summed E-state index contributed by atoms with van der Waals surface area (Å²) in [7, 11) is 0. The topological polar surface area (TPSA) is 47.6 Å². The molecule has 0 saturated heterocycles. The quantitative estimate of drug-likeness (QED) is 0.441. The summed E-state index contributed by atoms with van der Waals surface area (Å²) in [5, 5.41) is 3.33. The molecule has 0 fully saturated rings. The Morgan fingerprint density at radius 1 is 1.14 bits per heavy atom. The molecule has 0 bridgehead atoms. The standard InChI is InChI=1S/C17H35NO3/c1-7-9-10-11-12-21-15(5)13-17(6,18-14(3)4)16(19)20-8-2/h14-15,18H,7-13H2,1-6H3. The number of esters is 1. The Kier molecular flexibility index (Phi) is 10.7. The van der Waals surface area contributed by atoms with Crippen LogP contribution in [0, 0.1) is 0 Å². The lowest BCUT2D eigenvalue weighted by atomic mass is 9.93. The van der Waals surface area contributed by atoms with Crippen LogP contribution < -0.4 is 5.32 Å². The van der Waals surface area contributed by atoms with Gasteiger partial charge >= 0.3 is 5.97 Å². The monoisotopic (exact) mass is 301 g/mol. The molecule has 21 heavy (non-hydrogen) atoms.